The van der Waals surface area contributed by atoms with Crippen LogP contribution in [0, 0.1) is 0 Å². The van der Waals surface area contributed by atoms with Crippen molar-refractivity contribution in [3.8, 4) is 0 Å². The maximum atomic E-state index is 5.33. The van der Waals surface area contributed by atoms with Gasteiger partial charge < -0.3 is 5.32 Å². The van der Waals surface area contributed by atoms with Gasteiger partial charge in [-0.2, -0.15) is 5.48 Å². The SMILES string of the molecule is c1ccc(CONC2CNC2)cc1. The lowest BCUT2D eigenvalue weighted by Gasteiger charge is -2.27. The van der Waals surface area contributed by atoms with Crippen LogP contribution in [0.25, 0.3) is 0 Å². The molecule has 0 saturated carbocycles. The van der Waals surface area contributed by atoms with Crippen molar-refractivity contribution in [2.24, 2.45) is 0 Å². The van der Waals surface area contributed by atoms with Gasteiger partial charge in [0, 0.05) is 13.1 Å². The summed E-state index contributed by atoms with van der Waals surface area (Å²) in [6.45, 7) is 2.65. The van der Waals surface area contributed by atoms with Gasteiger partial charge >= 0.3 is 0 Å². The first-order valence-electron chi connectivity index (χ1n) is 4.57. The molecule has 1 fully saturated rings. The van der Waals surface area contributed by atoms with E-state index in [9.17, 15) is 0 Å². The second kappa shape index (κ2) is 4.37. The van der Waals surface area contributed by atoms with Crippen molar-refractivity contribution >= 4 is 0 Å². The van der Waals surface area contributed by atoms with Crippen molar-refractivity contribution in [2.45, 2.75) is 12.6 Å². The third kappa shape index (κ3) is 2.52. The van der Waals surface area contributed by atoms with Crippen LogP contribution in [0.15, 0.2) is 30.3 Å². The molecule has 1 aliphatic rings. The van der Waals surface area contributed by atoms with Gasteiger partial charge in [0.25, 0.3) is 0 Å². The standard InChI is InChI=1S/C10H14N2O/c1-2-4-9(5-3-1)8-13-12-10-6-11-7-10/h1-5,10-12H,6-8H2. The van der Waals surface area contributed by atoms with E-state index in [1.165, 1.54) is 5.56 Å². The molecule has 2 N–H and O–H groups in total. The van der Waals surface area contributed by atoms with Crippen LogP contribution in [0.1, 0.15) is 5.56 Å². The van der Waals surface area contributed by atoms with Gasteiger partial charge in [-0.3, -0.25) is 4.84 Å². The lowest BCUT2D eigenvalue weighted by Crippen LogP contribution is -2.55. The summed E-state index contributed by atoms with van der Waals surface area (Å²) < 4.78 is 0. The van der Waals surface area contributed by atoms with Crippen molar-refractivity contribution in [1.82, 2.24) is 10.8 Å². The molecule has 1 aromatic rings. The molecule has 0 atom stereocenters. The summed E-state index contributed by atoms with van der Waals surface area (Å²) in [7, 11) is 0. The average Bonchev–Trinajstić information content (AvgIpc) is 2.11. The van der Waals surface area contributed by atoms with Gasteiger partial charge in [0.2, 0.25) is 0 Å². The molecule has 1 aromatic carbocycles. The first-order valence-corrected chi connectivity index (χ1v) is 4.57. The molecule has 0 aromatic heterocycles. The number of nitrogens with one attached hydrogen (secondary N) is 2. The molecule has 0 unspecified atom stereocenters. The fraction of sp³-hybridized carbons (Fsp3) is 0.400. The number of benzene rings is 1. The molecule has 1 saturated heterocycles. The summed E-state index contributed by atoms with van der Waals surface area (Å²) in [6, 6.07) is 10.6. The third-order valence-electron chi connectivity index (χ3n) is 2.11. The Bertz CT molecular complexity index is 246. The molecule has 1 heterocycles. The minimum atomic E-state index is 0.490. The van der Waals surface area contributed by atoms with Gasteiger partial charge in [0.1, 0.15) is 0 Å². The molecule has 0 bridgehead atoms. The zero-order valence-corrected chi connectivity index (χ0v) is 7.49. The Hall–Kier alpha value is -0.900. The number of hydroxylamine groups is 1. The fourth-order valence-electron chi connectivity index (χ4n) is 1.19. The smallest absolute Gasteiger partial charge is 0.0933 e. The molecule has 70 valence electrons. The van der Waals surface area contributed by atoms with E-state index < -0.39 is 0 Å². The van der Waals surface area contributed by atoms with E-state index in [0.29, 0.717) is 12.6 Å². The largest absolute Gasteiger partial charge is 0.313 e. The van der Waals surface area contributed by atoms with E-state index in [-0.39, 0.29) is 0 Å². The number of hydrogen-bond donors (Lipinski definition) is 2. The van der Waals surface area contributed by atoms with Crippen LogP contribution in [0.4, 0.5) is 0 Å². The van der Waals surface area contributed by atoms with Gasteiger partial charge in [0.15, 0.2) is 0 Å². The van der Waals surface area contributed by atoms with E-state index in [0.717, 1.165) is 13.1 Å². The zero-order valence-electron chi connectivity index (χ0n) is 7.49. The quantitative estimate of drug-likeness (QED) is 0.665. The predicted octanol–water partition coefficient (Wildman–Crippen LogP) is 0.680. The number of rotatable bonds is 4. The van der Waals surface area contributed by atoms with Crippen LogP contribution >= 0.6 is 0 Å². The van der Waals surface area contributed by atoms with Crippen LogP contribution in [0.3, 0.4) is 0 Å². The molecule has 0 amide bonds. The maximum Gasteiger partial charge on any atom is 0.0933 e. The predicted molar refractivity (Wildman–Crippen MR) is 51.0 cm³/mol. The minimum Gasteiger partial charge on any atom is -0.313 e. The molecule has 13 heavy (non-hydrogen) atoms. The molecule has 0 aliphatic carbocycles. The molecule has 3 nitrogen and oxygen atoms in total. The highest BCUT2D eigenvalue weighted by Gasteiger charge is 2.15. The Morgan fingerprint density at radius 2 is 2.08 bits per heavy atom. The Morgan fingerprint density at radius 3 is 2.69 bits per heavy atom. The monoisotopic (exact) mass is 178 g/mol. The van der Waals surface area contributed by atoms with Crippen LogP contribution in [-0.4, -0.2) is 19.1 Å². The summed E-state index contributed by atoms with van der Waals surface area (Å²) in [5, 5.41) is 3.17. The third-order valence-corrected chi connectivity index (χ3v) is 2.11. The van der Waals surface area contributed by atoms with Crippen molar-refractivity contribution in [3.05, 3.63) is 35.9 Å². The molecule has 1 aliphatic heterocycles. The molecule has 2 rings (SSSR count). The molecule has 0 radical (unpaired) electrons. The zero-order chi connectivity index (χ0) is 8.93. The van der Waals surface area contributed by atoms with Crippen molar-refractivity contribution < 1.29 is 4.84 Å². The van der Waals surface area contributed by atoms with Crippen LogP contribution < -0.4 is 10.8 Å². The van der Waals surface area contributed by atoms with Gasteiger partial charge in [0.05, 0.1) is 12.6 Å². The first-order chi connectivity index (χ1) is 6.45. The second-order valence-electron chi connectivity index (χ2n) is 3.25. The summed E-state index contributed by atoms with van der Waals surface area (Å²) >= 11 is 0. The van der Waals surface area contributed by atoms with Crippen LogP contribution in [0.5, 0.6) is 0 Å². The van der Waals surface area contributed by atoms with Crippen molar-refractivity contribution in [3.63, 3.8) is 0 Å². The second-order valence-corrected chi connectivity index (χ2v) is 3.25. The van der Waals surface area contributed by atoms with E-state index in [2.05, 4.69) is 22.9 Å². The Balaban J connectivity index is 1.67. The van der Waals surface area contributed by atoms with E-state index in [4.69, 9.17) is 4.84 Å². The summed E-state index contributed by atoms with van der Waals surface area (Å²) in [6.07, 6.45) is 0. The maximum absolute atomic E-state index is 5.33. The number of hydrogen-bond acceptors (Lipinski definition) is 3. The van der Waals surface area contributed by atoms with Gasteiger partial charge in [-0.05, 0) is 5.56 Å². The molecule has 3 heteroatoms. The summed E-state index contributed by atoms with van der Waals surface area (Å²) in [5.41, 5.74) is 4.20. The Kier molecular flexibility index (Phi) is 2.92. The Labute approximate surface area is 78.1 Å². The molecule has 0 spiro atoms. The first kappa shape index (κ1) is 8.69. The lowest BCUT2D eigenvalue weighted by atomic mass is 10.2. The Morgan fingerprint density at radius 1 is 1.31 bits per heavy atom. The lowest BCUT2D eigenvalue weighted by molar-refractivity contribution is -0.00809. The van der Waals surface area contributed by atoms with Gasteiger partial charge in [-0.1, -0.05) is 30.3 Å². The molecular formula is C10H14N2O. The highest BCUT2D eigenvalue weighted by atomic mass is 16.6. The highest BCUT2D eigenvalue weighted by molar-refractivity contribution is 5.13. The highest BCUT2D eigenvalue weighted by Crippen LogP contribution is 2.00. The van der Waals surface area contributed by atoms with Crippen LogP contribution in [0.2, 0.25) is 0 Å². The summed E-state index contributed by atoms with van der Waals surface area (Å²) in [4.78, 5) is 5.33. The average molecular weight is 178 g/mol. The van der Waals surface area contributed by atoms with Crippen LogP contribution in [-0.2, 0) is 11.4 Å². The topological polar surface area (TPSA) is 33.3 Å². The molecular weight excluding hydrogens is 164 g/mol. The minimum absolute atomic E-state index is 0.490. The van der Waals surface area contributed by atoms with Crippen molar-refractivity contribution in [1.29, 1.82) is 0 Å². The van der Waals surface area contributed by atoms with E-state index in [1.807, 2.05) is 18.2 Å². The van der Waals surface area contributed by atoms with Gasteiger partial charge in [-0.25, -0.2) is 0 Å². The summed E-state index contributed by atoms with van der Waals surface area (Å²) in [5.74, 6) is 0. The fourth-order valence-corrected chi connectivity index (χ4v) is 1.19. The van der Waals surface area contributed by atoms with Crippen molar-refractivity contribution in [2.75, 3.05) is 13.1 Å². The normalized spacial score (nSPS) is 16.9. The van der Waals surface area contributed by atoms with E-state index >= 15 is 0 Å². The van der Waals surface area contributed by atoms with E-state index in [1.54, 1.807) is 0 Å². The van der Waals surface area contributed by atoms with Gasteiger partial charge in [-0.15, -0.1) is 0 Å².